The quantitative estimate of drug-likeness (QED) is 0.798. The number of nitrogens with two attached hydrogens (primary N) is 1. The predicted octanol–water partition coefficient (Wildman–Crippen LogP) is 1.76. The first-order chi connectivity index (χ1) is 6.37. The van der Waals surface area contributed by atoms with Gasteiger partial charge in [0.05, 0.1) is 6.54 Å². The highest BCUT2D eigenvalue weighted by Gasteiger charge is 2.14. The molecule has 0 aromatic carbocycles. The molecule has 0 atom stereocenters. The Balaban J connectivity index is 2.45. The van der Waals surface area contributed by atoms with Gasteiger partial charge in [-0.15, -0.1) is 0 Å². The van der Waals surface area contributed by atoms with Gasteiger partial charge in [0.15, 0.2) is 0 Å². The number of rotatable bonds is 4. The molecule has 2 N–H and O–H groups in total. The van der Waals surface area contributed by atoms with E-state index in [0.29, 0.717) is 0 Å². The molecule has 0 aliphatic rings. The SMILES string of the molecule is Cc1ccc(CN(C)CC(C)(C)N)o1. The highest BCUT2D eigenvalue weighted by Crippen LogP contribution is 2.10. The summed E-state index contributed by atoms with van der Waals surface area (Å²) in [6.45, 7) is 7.67. The number of hydrogen-bond acceptors (Lipinski definition) is 3. The Morgan fingerprint density at radius 1 is 1.43 bits per heavy atom. The molecule has 1 aromatic rings. The lowest BCUT2D eigenvalue weighted by molar-refractivity contribution is 0.243. The van der Waals surface area contributed by atoms with Crippen molar-refractivity contribution in [3.63, 3.8) is 0 Å². The summed E-state index contributed by atoms with van der Waals surface area (Å²) in [6.07, 6.45) is 0. The van der Waals surface area contributed by atoms with Crippen molar-refractivity contribution in [1.29, 1.82) is 0 Å². The van der Waals surface area contributed by atoms with E-state index >= 15 is 0 Å². The van der Waals surface area contributed by atoms with Gasteiger partial charge < -0.3 is 10.2 Å². The van der Waals surface area contributed by atoms with Crippen LogP contribution in [0.25, 0.3) is 0 Å². The van der Waals surface area contributed by atoms with Crippen molar-refractivity contribution in [2.45, 2.75) is 32.9 Å². The molecule has 1 rings (SSSR count). The average Bonchev–Trinajstić information content (AvgIpc) is 2.30. The van der Waals surface area contributed by atoms with Gasteiger partial charge >= 0.3 is 0 Å². The predicted molar refractivity (Wildman–Crippen MR) is 58.0 cm³/mol. The lowest BCUT2D eigenvalue weighted by Crippen LogP contribution is -2.43. The van der Waals surface area contributed by atoms with Crippen LogP contribution < -0.4 is 5.73 Å². The van der Waals surface area contributed by atoms with Crippen LogP contribution in [-0.2, 0) is 6.54 Å². The van der Waals surface area contributed by atoms with Gasteiger partial charge in [-0.25, -0.2) is 0 Å². The zero-order chi connectivity index (χ0) is 10.8. The zero-order valence-corrected chi connectivity index (χ0v) is 9.50. The molecule has 0 unspecified atom stereocenters. The molecule has 0 amide bonds. The minimum atomic E-state index is -0.156. The molecule has 3 heteroatoms. The van der Waals surface area contributed by atoms with Gasteiger partial charge in [0.2, 0.25) is 0 Å². The third-order valence-corrected chi connectivity index (χ3v) is 1.90. The summed E-state index contributed by atoms with van der Waals surface area (Å²) >= 11 is 0. The second-order valence-corrected chi connectivity index (χ2v) is 4.67. The van der Waals surface area contributed by atoms with E-state index in [2.05, 4.69) is 4.90 Å². The number of nitrogens with zero attached hydrogens (tertiary/aromatic N) is 1. The molecule has 14 heavy (non-hydrogen) atoms. The third-order valence-electron chi connectivity index (χ3n) is 1.90. The van der Waals surface area contributed by atoms with E-state index in [1.54, 1.807) is 0 Å². The monoisotopic (exact) mass is 196 g/mol. The summed E-state index contributed by atoms with van der Waals surface area (Å²) < 4.78 is 5.49. The van der Waals surface area contributed by atoms with E-state index in [9.17, 15) is 0 Å². The van der Waals surface area contributed by atoms with Crippen molar-refractivity contribution in [3.05, 3.63) is 23.7 Å². The molecular weight excluding hydrogens is 176 g/mol. The normalized spacial score (nSPS) is 12.4. The van der Waals surface area contributed by atoms with Crippen molar-refractivity contribution in [3.8, 4) is 0 Å². The van der Waals surface area contributed by atoms with Crippen LogP contribution in [0.5, 0.6) is 0 Å². The fourth-order valence-electron chi connectivity index (χ4n) is 1.59. The van der Waals surface area contributed by atoms with Crippen molar-refractivity contribution in [1.82, 2.24) is 4.90 Å². The van der Waals surface area contributed by atoms with Gasteiger partial charge in [0.1, 0.15) is 11.5 Å². The van der Waals surface area contributed by atoms with Crippen molar-refractivity contribution >= 4 is 0 Å². The first kappa shape index (κ1) is 11.3. The largest absolute Gasteiger partial charge is 0.465 e. The lowest BCUT2D eigenvalue weighted by Gasteiger charge is -2.25. The van der Waals surface area contributed by atoms with Crippen molar-refractivity contribution in [2.24, 2.45) is 5.73 Å². The van der Waals surface area contributed by atoms with Gasteiger partial charge in [-0.2, -0.15) is 0 Å². The van der Waals surface area contributed by atoms with Gasteiger partial charge in [0.25, 0.3) is 0 Å². The zero-order valence-electron chi connectivity index (χ0n) is 9.50. The molecular formula is C11H20N2O. The lowest BCUT2D eigenvalue weighted by atomic mass is 10.1. The number of furan rings is 1. The minimum Gasteiger partial charge on any atom is -0.465 e. The Kier molecular flexibility index (Phi) is 3.34. The Morgan fingerprint density at radius 3 is 2.50 bits per heavy atom. The molecule has 1 heterocycles. The molecule has 3 nitrogen and oxygen atoms in total. The number of likely N-dealkylation sites (N-methyl/N-ethyl adjacent to an activating group) is 1. The molecule has 0 bridgehead atoms. The Bertz CT molecular complexity index is 286. The summed E-state index contributed by atoms with van der Waals surface area (Å²) in [4.78, 5) is 2.16. The van der Waals surface area contributed by atoms with Crippen LogP contribution in [0.1, 0.15) is 25.4 Å². The highest BCUT2D eigenvalue weighted by molar-refractivity contribution is 5.05. The number of aryl methyl sites for hydroxylation is 1. The molecule has 0 radical (unpaired) electrons. The van der Waals surface area contributed by atoms with Crippen LogP contribution >= 0.6 is 0 Å². The maximum absolute atomic E-state index is 5.92. The Morgan fingerprint density at radius 2 is 2.07 bits per heavy atom. The fraction of sp³-hybridized carbons (Fsp3) is 0.636. The van der Waals surface area contributed by atoms with Gasteiger partial charge in [-0.05, 0) is 40.0 Å². The van der Waals surface area contributed by atoms with E-state index in [0.717, 1.165) is 24.6 Å². The first-order valence-corrected chi connectivity index (χ1v) is 4.89. The topological polar surface area (TPSA) is 42.4 Å². The summed E-state index contributed by atoms with van der Waals surface area (Å²) in [5.74, 6) is 1.95. The maximum Gasteiger partial charge on any atom is 0.118 e. The summed E-state index contributed by atoms with van der Waals surface area (Å²) in [5, 5.41) is 0. The van der Waals surface area contributed by atoms with E-state index in [1.807, 2.05) is 40.0 Å². The molecule has 0 spiro atoms. The molecule has 1 aromatic heterocycles. The third kappa shape index (κ3) is 3.94. The molecule has 0 saturated heterocycles. The molecule has 0 fully saturated rings. The van der Waals surface area contributed by atoms with E-state index < -0.39 is 0 Å². The fourth-order valence-corrected chi connectivity index (χ4v) is 1.59. The van der Waals surface area contributed by atoms with Gasteiger partial charge in [-0.1, -0.05) is 0 Å². The second-order valence-electron chi connectivity index (χ2n) is 4.67. The average molecular weight is 196 g/mol. The highest BCUT2D eigenvalue weighted by atomic mass is 16.3. The van der Waals surface area contributed by atoms with Crippen molar-refractivity contribution < 1.29 is 4.42 Å². The van der Waals surface area contributed by atoms with E-state index in [1.165, 1.54) is 0 Å². The molecule has 0 aliphatic carbocycles. The standard InChI is InChI=1S/C11H20N2O/c1-9-5-6-10(14-9)7-13(4)8-11(2,3)12/h5-6H,7-8,12H2,1-4H3. The maximum atomic E-state index is 5.92. The Hall–Kier alpha value is -0.800. The van der Waals surface area contributed by atoms with Crippen LogP contribution in [0.4, 0.5) is 0 Å². The van der Waals surface area contributed by atoms with Crippen LogP contribution in [-0.4, -0.2) is 24.0 Å². The summed E-state index contributed by atoms with van der Waals surface area (Å²) in [7, 11) is 2.05. The molecule has 80 valence electrons. The summed E-state index contributed by atoms with van der Waals surface area (Å²) in [6, 6.07) is 3.99. The van der Waals surface area contributed by atoms with Crippen LogP contribution in [0, 0.1) is 6.92 Å². The van der Waals surface area contributed by atoms with Crippen LogP contribution in [0.2, 0.25) is 0 Å². The minimum absolute atomic E-state index is 0.156. The van der Waals surface area contributed by atoms with Crippen LogP contribution in [0.3, 0.4) is 0 Å². The van der Waals surface area contributed by atoms with E-state index in [-0.39, 0.29) is 5.54 Å². The Labute approximate surface area is 85.9 Å². The second kappa shape index (κ2) is 4.15. The number of hydrogen-bond donors (Lipinski definition) is 1. The van der Waals surface area contributed by atoms with Crippen LogP contribution in [0.15, 0.2) is 16.5 Å². The van der Waals surface area contributed by atoms with E-state index in [4.69, 9.17) is 10.2 Å². The van der Waals surface area contributed by atoms with Gasteiger partial charge in [0, 0.05) is 12.1 Å². The smallest absolute Gasteiger partial charge is 0.118 e. The van der Waals surface area contributed by atoms with Gasteiger partial charge in [-0.3, -0.25) is 4.90 Å². The molecule has 0 saturated carbocycles. The first-order valence-electron chi connectivity index (χ1n) is 4.89. The molecule has 0 aliphatic heterocycles. The van der Waals surface area contributed by atoms with Crippen molar-refractivity contribution in [2.75, 3.05) is 13.6 Å². The summed E-state index contributed by atoms with van der Waals surface area (Å²) in [5.41, 5.74) is 5.77.